The Morgan fingerprint density at radius 2 is 1.38 bits per heavy atom. The highest BCUT2D eigenvalue weighted by Gasteiger charge is 2.15. The normalized spacial score (nSPS) is 10.9. The number of imidazole rings is 1. The number of benzene rings is 2. The summed E-state index contributed by atoms with van der Waals surface area (Å²) in [5.41, 5.74) is 3.87. The second kappa shape index (κ2) is 5.77. The number of hydrogen-bond donors (Lipinski definition) is 2. The third-order valence-electron chi connectivity index (χ3n) is 3.81. The van der Waals surface area contributed by atoms with E-state index >= 15 is 0 Å². The fourth-order valence-corrected chi connectivity index (χ4v) is 2.62. The van der Waals surface area contributed by atoms with Gasteiger partial charge in [0, 0.05) is 17.3 Å². The Morgan fingerprint density at radius 3 is 1.96 bits per heavy atom. The first kappa shape index (κ1) is 14.4. The van der Waals surface area contributed by atoms with Gasteiger partial charge in [-0.3, -0.25) is 0 Å². The van der Waals surface area contributed by atoms with E-state index in [0.29, 0.717) is 11.5 Å². The molecule has 0 radical (unpaired) electrons. The highest BCUT2D eigenvalue weighted by atomic mass is 19.1. The van der Waals surface area contributed by atoms with Gasteiger partial charge in [0.15, 0.2) is 5.82 Å². The predicted octanol–water partition coefficient (Wildman–Crippen LogP) is 5.02. The molecule has 0 spiro atoms. The van der Waals surface area contributed by atoms with E-state index in [1.807, 2.05) is 18.3 Å². The maximum atomic E-state index is 13.2. The van der Waals surface area contributed by atoms with Gasteiger partial charge in [-0.2, -0.15) is 0 Å². The minimum atomic E-state index is -0.304. The molecular formula is C19H13F2N3. The van der Waals surface area contributed by atoms with Crippen LogP contribution >= 0.6 is 0 Å². The van der Waals surface area contributed by atoms with Crippen LogP contribution in [-0.2, 0) is 0 Å². The lowest BCUT2D eigenvalue weighted by Crippen LogP contribution is -1.85. The monoisotopic (exact) mass is 321 g/mol. The van der Waals surface area contributed by atoms with Gasteiger partial charge in [-0.25, -0.2) is 13.8 Å². The van der Waals surface area contributed by atoms with E-state index in [-0.39, 0.29) is 11.6 Å². The molecule has 0 aliphatic heterocycles. The maximum absolute atomic E-state index is 13.2. The Labute approximate surface area is 137 Å². The van der Waals surface area contributed by atoms with Gasteiger partial charge in [-0.15, -0.1) is 0 Å². The van der Waals surface area contributed by atoms with Gasteiger partial charge >= 0.3 is 0 Å². The smallest absolute Gasteiger partial charge is 0.155 e. The largest absolute Gasteiger partial charge is 0.359 e. The molecule has 2 aromatic carbocycles. The molecule has 3 nitrogen and oxygen atoms in total. The molecule has 0 bridgehead atoms. The van der Waals surface area contributed by atoms with Crippen LogP contribution in [0.15, 0.2) is 66.9 Å². The summed E-state index contributed by atoms with van der Waals surface area (Å²) in [5, 5.41) is 0. The van der Waals surface area contributed by atoms with Crippen molar-refractivity contribution in [3.05, 3.63) is 78.5 Å². The number of halogens is 2. The van der Waals surface area contributed by atoms with Gasteiger partial charge < -0.3 is 9.97 Å². The van der Waals surface area contributed by atoms with Crippen LogP contribution in [0.25, 0.3) is 34.0 Å². The maximum Gasteiger partial charge on any atom is 0.155 e. The van der Waals surface area contributed by atoms with E-state index in [0.717, 1.165) is 22.5 Å². The van der Waals surface area contributed by atoms with Crippen LogP contribution in [0, 0.1) is 11.6 Å². The van der Waals surface area contributed by atoms with Crippen LogP contribution in [0.4, 0.5) is 8.78 Å². The van der Waals surface area contributed by atoms with Gasteiger partial charge in [0.1, 0.15) is 11.6 Å². The van der Waals surface area contributed by atoms with E-state index in [1.54, 1.807) is 24.3 Å². The Morgan fingerprint density at radius 1 is 0.750 bits per heavy atom. The molecule has 4 aromatic rings. The molecule has 0 fully saturated rings. The Kier molecular flexibility index (Phi) is 3.46. The highest BCUT2D eigenvalue weighted by Crippen LogP contribution is 2.32. The van der Waals surface area contributed by atoms with Crippen LogP contribution in [0.5, 0.6) is 0 Å². The molecule has 0 unspecified atom stereocenters. The van der Waals surface area contributed by atoms with Crippen LogP contribution < -0.4 is 0 Å². The van der Waals surface area contributed by atoms with Gasteiger partial charge in [-0.05, 0) is 60.7 Å². The zero-order valence-corrected chi connectivity index (χ0v) is 12.6. The summed E-state index contributed by atoms with van der Waals surface area (Å²) in [6, 6.07) is 16.1. The third kappa shape index (κ3) is 2.60. The van der Waals surface area contributed by atoms with Crippen molar-refractivity contribution in [2.45, 2.75) is 0 Å². The minimum absolute atomic E-state index is 0.300. The van der Waals surface area contributed by atoms with E-state index in [9.17, 15) is 8.78 Å². The van der Waals surface area contributed by atoms with Crippen molar-refractivity contribution >= 4 is 0 Å². The summed E-state index contributed by atoms with van der Waals surface area (Å²) in [6.45, 7) is 0. The SMILES string of the molecule is Fc1ccc(-c2nc(-c3ccc[nH]3)[nH]c2-c2ccc(F)cc2)cc1. The zero-order valence-electron chi connectivity index (χ0n) is 12.6. The minimum Gasteiger partial charge on any atom is -0.359 e. The molecule has 0 aliphatic rings. The lowest BCUT2D eigenvalue weighted by molar-refractivity contribution is 0.627. The second-order valence-corrected chi connectivity index (χ2v) is 5.41. The fourth-order valence-electron chi connectivity index (χ4n) is 2.62. The molecule has 0 atom stereocenters. The summed E-state index contributed by atoms with van der Waals surface area (Å²) in [5.74, 6) is 0.0621. The first-order valence-electron chi connectivity index (χ1n) is 7.46. The van der Waals surface area contributed by atoms with E-state index in [4.69, 9.17) is 0 Å². The molecule has 2 N–H and O–H groups in total. The van der Waals surface area contributed by atoms with Crippen molar-refractivity contribution in [3.8, 4) is 34.0 Å². The van der Waals surface area contributed by atoms with E-state index < -0.39 is 0 Å². The van der Waals surface area contributed by atoms with Gasteiger partial charge in [0.25, 0.3) is 0 Å². The summed E-state index contributed by atoms with van der Waals surface area (Å²) in [4.78, 5) is 11.0. The van der Waals surface area contributed by atoms with Crippen molar-refractivity contribution < 1.29 is 8.78 Å². The molecule has 118 valence electrons. The third-order valence-corrected chi connectivity index (χ3v) is 3.81. The lowest BCUT2D eigenvalue weighted by atomic mass is 10.1. The van der Waals surface area contributed by atoms with Crippen LogP contribution in [0.3, 0.4) is 0 Å². The number of nitrogens with zero attached hydrogens (tertiary/aromatic N) is 1. The second-order valence-electron chi connectivity index (χ2n) is 5.41. The van der Waals surface area contributed by atoms with E-state index in [1.165, 1.54) is 24.3 Å². The molecule has 0 amide bonds. The standard InChI is InChI=1S/C19H13F2N3/c20-14-7-3-12(4-8-14)17-18(13-5-9-15(21)10-6-13)24-19(23-17)16-2-1-11-22-16/h1-11,22H,(H,23,24). The van der Waals surface area contributed by atoms with Crippen LogP contribution in [0.2, 0.25) is 0 Å². The van der Waals surface area contributed by atoms with Crippen molar-refractivity contribution in [1.29, 1.82) is 0 Å². The Bertz CT molecular complexity index is 890. The Hall–Kier alpha value is -3.21. The molecule has 0 saturated carbocycles. The van der Waals surface area contributed by atoms with Gasteiger partial charge in [0.2, 0.25) is 0 Å². The fraction of sp³-hybridized carbons (Fsp3) is 0. The average molecular weight is 321 g/mol. The van der Waals surface area contributed by atoms with Crippen LogP contribution in [0.1, 0.15) is 0 Å². The number of H-pyrrole nitrogens is 2. The van der Waals surface area contributed by atoms with E-state index in [2.05, 4.69) is 15.0 Å². The number of aromatic nitrogens is 3. The molecule has 5 heteroatoms. The predicted molar refractivity (Wildman–Crippen MR) is 89.2 cm³/mol. The molecule has 0 aliphatic carbocycles. The number of rotatable bonds is 3. The molecule has 24 heavy (non-hydrogen) atoms. The molecule has 0 saturated heterocycles. The summed E-state index contributed by atoms with van der Waals surface area (Å²) >= 11 is 0. The van der Waals surface area contributed by atoms with Crippen LogP contribution in [-0.4, -0.2) is 15.0 Å². The number of aromatic amines is 2. The summed E-state index contributed by atoms with van der Waals surface area (Å²) in [6.07, 6.45) is 1.81. The zero-order chi connectivity index (χ0) is 16.5. The summed E-state index contributed by atoms with van der Waals surface area (Å²) in [7, 11) is 0. The topological polar surface area (TPSA) is 44.5 Å². The highest BCUT2D eigenvalue weighted by molar-refractivity contribution is 5.80. The van der Waals surface area contributed by atoms with Gasteiger partial charge in [0.05, 0.1) is 17.1 Å². The van der Waals surface area contributed by atoms with Crippen molar-refractivity contribution in [3.63, 3.8) is 0 Å². The quantitative estimate of drug-likeness (QED) is 0.547. The Balaban J connectivity index is 1.89. The van der Waals surface area contributed by atoms with Crippen molar-refractivity contribution in [2.75, 3.05) is 0 Å². The average Bonchev–Trinajstić information content (AvgIpc) is 3.26. The number of hydrogen-bond acceptors (Lipinski definition) is 1. The first-order valence-corrected chi connectivity index (χ1v) is 7.46. The summed E-state index contributed by atoms with van der Waals surface area (Å²) < 4.78 is 26.5. The molecule has 4 rings (SSSR count). The van der Waals surface area contributed by atoms with Crippen molar-refractivity contribution in [1.82, 2.24) is 15.0 Å². The number of nitrogens with one attached hydrogen (secondary N) is 2. The molecule has 2 heterocycles. The molecular weight excluding hydrogens is 308 g/mol. The first-order chi connectivity index (χ1) is 11.7. The van der Waals surface area contributed by atoms with Gasteiger partial charge in [-0.1, -0.05) is 0 Å². The van der Waals surface area contributed by atoms with Crippen molar-refractivity contribution in [2.24, 2.45) is 0 Å². The lowest BCUT2D eigenvalue weighted by Gasteiger charge is -2.03. The molecule has 2 aromatic heterocycles.